The quantitative estimate of drug-likeness (QED) is 0.606. The topological polar surface area (TPSA) is 84.9 Å². The number of rotatable bonds is 10. The van der Waals surface area contributed by atoms with Crippen molar-refractivity contribution >= 4 is 15.9 Å². The summed E-state index contributed by atoms with van der Waals surface area (Å²) in [6.45, 7) is 3.95. The minimum absolute atomic E-state index is 0.124. The summed E-state index contributed by atoms with van der Waals surface area (Å²) >= 11 is 0. The molecule has 0 aromatic heterocycles. The monoisotopic (exact) mass is 446 g/mol. The van der Waals surface area contributed by atoms with E-state index in [1.807, 2.05) is 31.2 Å². The number of hydrogen-bond donors (Lipinski definition) is 1. The molecule has 1 N–H and O–H groups in total. The Balaban J connectivity index is 1.64. The van der Waals surface area contributed by atoms with Crippen LogP contribution in [0, 0.1) is 0 Å². The van der Waals surface area contributed by atoms with Crippen LogP contribution in [0.2, 0.25) is 0 Å². The fourth-order valence-electron chi connectivity index (χ4n) is 3.66. The van der Waals surface area contributed by atoms with Gasteiger partial charge in [-0.1, -0.05) is 18.2 Å². The predicted molar refractivity (Wildman–Crippen MR) is 119 cm³/mol. The summed E-state index contributed by atoms with van der Waals surface area (Å²) in [7, 11) is -1.98. The molecule has 0 aliphatic carbocycles. The van der Waals surface area contributed by atoms with Crippen molar-refractivity contribution in [2.24, 2.45) is 0 Å². The minimum Gasteiger partial charge on any atom is -0.496 e. The summed E-state index contributed by atoms with van der Waals surface area (Å²) in [6, 6.07) is 12.5. The Labute approximate surface area is 184 Å². The number of ether oxygens (including phenoxy) is 2. The highest BCUT2D eigenvalue weighted by molar-refractivity contribution is 7.89. The smallest absolute Gasteiger partial charge is 0.243 e. The van der Waals surface area contributed by atoms with Gasteiger partial charge in [0.15, 0.2) is 0 Å². The Morgan fingerprint density at radius 3 is 2.52 bits per heavy atom. The largest absolute Gasteiger partial charge is 0.496 e. The van der Waals surface area contributed by atoms with Crippen molar-refractivity contribution in [1.82, 2.24) is 9.62 Å². The molecule has 8 heteroatoms. The van der Waals surface area contributed by atoms with E-state index in [9.17, 15) is 13.2 Å². The van der Waals surface area contributed by atoms with E-state index in [2.05, 4.69) is 5.32 Å². The number of aryl methyl sites for hydroxylation is 1. The lowest BCUT2D eigenvalue weighted by molar-refractivity contribution is -0.121. The van der Waals surface area contributed by atoms with E-state index in [1.165, 1.54) is 11.4 Å². The second-order valence-corrected chi connectivity index (χ2v) is 9.34. The molecule has 0 atom stereocenters. The summed E-state index contributed by atoms with van der Waals surface area (Å²) in [5.41, 5.74) is 1.61. The van der Waals surface area contributed by atoms with Crippen LogP contribution in [0.4, 0.5) is 0 Å². The number of benzene rings is 2. The lowest BCUT2D eigenvalue weighted by Gasteiger charge is -2.17. The maximum absolute atomic E-state index is 12.9. The van der Waals surface area contributed by atoms with E-state index in [1.54, 1.807) is 18.2 Å². The van der Waals surface area contributed by atoms with Gasteiger partial charge in [-0.2, -0.15) is 4.31 Å². The van der Waals surface area contributed by atoms with Crippen LogP contribution in [-0.4, -0.2) is 45.4 Å². The molecular weight excluding hydrogens is 416 g/mol. The Kier molecular flexibility index (Phi) is 7.92. The van der Waals surface area contributed by atoms with Crippen molar-refractivity contribution in [2.45, 2.75) is 44.0 Å². The van der Waals surface area contributed by atoms with Gasteiger partial charge in [0, 0.05) is 31.6 Å². The molecule has 3 rings (SSSR count). The second-order valence-electron chi connectivity index (χ2n) is 7.40. The van der Waals surface area contributed by atoms with Crippen LogP contribution in [0.1, 0.15) is 37.3 Å². The lowest BCUT2D eigenvalue weighted by atomic mass is 10.1. The number of nitrogens with one attached hydrogen (secondary N) is 1. The molecule has 0 radical (unpaired) electrons. The lowest BCUT2D eigenvalue weighted by Crippen LogP contribution is -2.28. The third kappa shape index (κ3) is 5.77. The van der Waals surface area contributed by atoms with Crippen molar-refractivity contribution in [3.8, 4) is 11.5 Å². The first kappa shape index (κ1) is 23.1. The fraction of sp³-hybridized carbons (Fsp3) is 0.435. The van der Waals surface area contributed by atoms with Gasteiger partial charge >= 0.3 is 0 Å². The normalized spacial score (nSPS) is 14.4. The highest BCUT2D eigenvalue weighted by Gasteiger charge is 2.27. The van der Waals surface area contributed by atoms with E-state index >= 15 is 0 Å². The molecule has 1 saturated heterocycles. The van der Waals surface area contributed by atoms with E-state index in [0.29, 0.717) is 44.0 Å². The van der Waals surface area contributed by atoms with Crippen LogP contribution < -0.4 is 14.8 Å². The van der Waals surface area contributed by atoms with Gasteiger partial charge in [-0.25, -0.2) is 8.42 Å². The number of carbonyl (C=O) groups is 1. The van der Waals surface area contributed by atoms with Crippen LogP contribution >= 0.6 is 0 Å². The Morgan fingerprint density at radius 2 is 1.81 bits per heavy atom. The SMILES string of the molecule is CCOc1ccccc1CNC(=O)CCc1cc(S(=O)(=O)N2CCCC2)ccc1OC. The molecule has 1 heterocycles. The van der Waals surface area contributed by atoms with Crippen molar-refractivity contribution in [2.75, 3.05) is 26.8 Å². The molecule has 1 aliphatic heterocycles. The number of nitrogens with zero attached hydrogens (tertiary/aromatic N) is 1. The molecule has 0 bridgehead atoms. The van der Waals surface area contributed by atoms with Crippen LogP contribution in [-0.2, 0) is 27.8 Å². The summed E-state index contributed by atoms with van der Waals surface area (Å²) in [6.07, 6.45) is 2.37. The first-order valence-corrected chi connectivity index (χ1v) is 12.0. The Morgan fingerprint density at radius 1 is 1.06 bits per heavy atom. The van der Waals surface area contributed by atoms with Crippen molar-refractivity contribution < 1.29 is 22.7 Å². The van der Waals surface area contributed by atoms with Crippen LogP contribution in [0.25, 0.3) is 0 Å². The van der Waals surface area contributed by atoms with E-state index in [-0.39, 0.29) is 17.2 Å². The highest BCUT2D eigenvalue weighted by Crippen LogP contribution is 2.27. The predicted octanol–water partition coefficient (Wildman–Crippen LogP) is 3.13. The van der Waals surface area contributed by atoms with E-state index < -0.39 is 10.0 Å². The molecule has 1 fully saturated rings. The van der Waals surface area contributed by atoms with Crippen LogP contribution in [0.15, 0.2) is 47.4 Å². The zero-order valence-electron chi connectivity index (χ0n) is 18.1. The average molecular weight is 447 g/mol. The van der Waals surface area contributed by atoms with Gasteiger partial charge in [-0.3, -0.25) is 4.79 Å². The second kappa shape index (κ2) is 10.6. The zero-order chi connectivity index (χ0) is 22.3. The Bertz CT molecular complexity index is 1000. The van der Waals surface area contributed by atoms with Crippen molar-refractivity contribution in [1.29, 1.82) is 0 Å². The van der Waals surface area contributed by atoms with Crippen LogP contribution in [0.3, 0.4) is 0 Å². The van der Waals surface area contributed by atoms with Gasteiger partial charge in [-0.05, 0) is 56.0 Å². The number of amides is 1. The first-order chi connectivity index (χ1) is 15.0. The molecule has 7 nitrogen and oxygen atoms in total. The minimum atomic E-state index is -3.52. The molecule has 1 aliphatic rings. The van der Waals surface area contributed by atoms with Gasteiger partial charge in [0.1, 0.15) is 11.5 Å². The maximum atomic E-state index is 12.9. The average Bonchev–Trinajstić information content (AvgIpc) is 3.33. The molecule has 168 valence electrons. The number of carbonyl (C=O) groups excluding carboxylic acids is 1. The molecule has 1 amide bonds. The number of methoxy groups -OCH3 is 1. The number of hydrogen-bond acceptors (Lipinski definition) is 5. The summed E-state index contributed by atoms with van der Waals surface area (Å²) in [4.78, 5) is 12.7. The summed E-state index contributed by atoms with van der Waals surface area (Å²) < 4.78 is 38.2. The highest BCUT2D eigenvalue weighted by atomic mass is 32.2. The molecule has 2 aromatic rings. The van der Waals surface area contributed by atoms with Crippen LogP contribution in [0.5, 0.6) is 11.5 Å². The van der Waals surface area contributed by atoms with Gasteiger partial charge < -0.3 is 14.8 Å². The summed E-state index contributed by atoms with van der Waals surface area (Å²) in [5, 5.41) is 2.91. The number of para-hydroxylation sites is 1. The first-order valence-electron chi connectivity index (χ1n) is 10.6. The maximum Gasteiger partial charge on any atom is 0.243 e. The number of sulfonamides is 1. The molecule has 0 saturated carbocycles. The summed E-state index contributed by atoms with van der Waals surface area (Å²) in [5.74, 6) is 1.21. The van der Waals surface area contributed by atoms with E-state index in [0.717, 1.165) is 24.2 Å². The molecular formula is C23H30N2O5S. The van der Waals surface area contributed by atoms with Gasteiger partial charge in [0.2, 0.25) is 15.9 Å². The third-order valence-electron chi connectivity index (χ3n) is 5.32. The standard InChI is InChI=1S/C23H30N2O5S/c1-3-30-22-9-5-4-8-19(22)17-24-23(26)13-10-18-16-20(11-12-21(18)29-2)31(27,28)25-14-6-7-15-25/h4-5,8-9,11-12,16H,3,6-7,10,13-15,17H2,1-2H3,(H,24,26). The molecule has 31 heavy (non-hydrogen) atoms. The molecule has 0 unspecified atom stereocenters. The third-order valence-corrected chi connectivity index (χ3v) is 7.22. The van der Waals surface area contributed by atoms with Gasteiger partial charge in [-0.15, -0.1) is 0 Å². The molecule has 2 aromatic carbocycles. The van der Waals surface area contributed by atoms with Crippen molar-refractivity contribution in [3.05, 3.63) is 53.6 Å². The zero-order valence-corrected chi connectivity index (χ0v) is 18.9. The fourth-order valence-corrected chi connectivity index (χ4v) is 5.23. The Hall–Kier alpha value is -2.58. The van der Waals surface area contributed by atoms with Gasteiger partial charge in [0.25, 0.3) is 0 Å². The van der Waals surface area contributed by atoms with Crippen molar-refractivity contribution in [3.63, 3.8) is 0 Å². The van der Waals surface area contributed by atoms with E-state index in [4.69, 9.17) is 9.47 Å². The van der Waals surface area contributed by atoms with Gasteiger partial charge in [0.05, 0.1) is 18.6 Å². The molecule has 0 spiro atoms.